The number of thiocarbonyl (C=S) groups is 1. The molecule has 21 heteroatoms. The first-order valence-electron chi connectivity index (χ1n) is 15.9. The molecule has 1 fully saturated rings. The third-order valence-corrected chi connectivity index (χ3v) is 9.85. The van der Waals surface area contributed by atoms with E-state index in [0.717, 1.165) is 10.8 Å². The maximum atomic E-state index is 14.1. The molecule has 7 atom stereocenters. The number of aromatic nitrogens is 2. The number of aliphatic hydroxyl groups is 3. The lowest BCUT2D eigenvalue weighted by molar-refractivity contribution is -0.212. The number of hydrogen-bond donors (Lipinski definition) is 9. The number of aliphatic hydroxyl groups excluding tert-OH is 3. The molecule has 0 aliphatic carbocycles. The third kappa shape index (κ3) is 11.1. The van der Waals surface area contributed by atoms with Crippen LogP contribution in [0.5, 0.6) is 0 Å². The van der Waals surface area contributed by atoms with Crippen LogP contribution in [0.1, 0.15) is 45.3 Å². The summed E-state index contributed by atoms with van der Waals surface area (Å²) in [4.78, 5) is 54.2. The monoisotopic (exact) mass is 756 g/mol. The number of amides is 3. The van der Waals surface area contributed by atoms with Gasteiger partial charge in [0.1, 0.15) is 24.1 Å². The molecule has 1 aliphatic rings. The lowest BCUT2D eigenvalue weighted by Gasteiger charge is -2.42. The number of carbonyl (C=O) groups is 3. The molecular weight excluding hydrogens is 711 g/mol. The summed E-state index contributed by atoms with van der Waals surface area (Å²) in [5.41, 5.74) is 5.01. The molecule has 2 heterocycles. The van der Waals surface area contributed by atoms with Gasteiger partial charge in [-0.3, -0.25) is 23.5 Å². The summed E-state index contributed by atoms with van der Waals surface area (Å²) in [5.74, 6) is -3.95. The predicted octanol–water partition coefficient (Wildman–Crippen LogP) is -1.44. The molecule has 282 valence electrons. The van der Waals surface area contributed by atoms with E-state index >= 15 is 0 Å². The number of nitrogens with one attached hydrogen (secondary N) is 5. The van der Waals surface area contributed by atoms with Crippen molar-refractivity contribution >= 4 is 48.5 Å². The molecule has 3 amide bonds. The highest BCUT2D eigenvalue weighted by Gasteiger charge is 2.49. The first kappa shape index (κ1) is 41.6. The number of rotatable bonds is 16. The second kappa shape index (κ2) is 18.6. The lowest BCUT2D eigenvalue weighted by atomic mass is 9.94. The van der Waals surface area contributed by atoms with Crippen LogP contribution in [0.4, 0.5) is 5.82 Å². The van der Waals surface area contributed by atoms with Crippen LogP contribution >= 0.6 is 19.8 Å². The number of nitrogens with two attached hydrogens (primary N) is 1. The first-order chi connectivity index (χ1) is 24.0. The van der Waals surface area contributed by atoms with Crippen molar-refractivity contribution in [3.05, 3.63) is 58.6 Å². The number of hydrogen-bond acceptors (Lipinski definition) is 14. The highest BCUT2D eigenvalue weighted by molar-refractivity contribution is 7.80. The molecule has 1 aliphatic heterocycles. The SMILES string of the molecule is CNCC(=O)N[C@@H](CO)C(=O)N[C@H]1[C@H](O)[C@@H](O)[C@H](n2ccc(NC(=S)NC(c3ccccc3)P(=O)(OC(C)C)OC(C)C)nc2=O)O[C@@H]1C(N)=O. The Kier molecular flexibility index (Phi) is 15.1. The first-order valence-corrected chi connectivity index (χ1v) is 17.9. The second-order valence-electron chi connectivity index (χ2n) is 12.0. The van der Waals surface area contributed by atoms with Gasteiger partial charge in [0, 0.05) is 6.20 Å². The highest BCUT2D eigenvalue weighted by atomic mass is 32.1. The largest absolute Gasteiger partial charge is 0.394 e. The van der Waals surface area contributed by atoms with Gasteiger partial charge in [-0.15, -0.1) is 0 Å². The van der Waals surface area contributed by atoms with Gasteiger partial charge in [0.25, 0.3) is 0 Å². The van der Waals surface area contributed by atoms with E-state index in [2.05, 4.69) is 31.6 Å². The van der Waals surface area contributed by atoms with Gasteiger partial charge in [0.2, 0.25) is 17.7 Å². The van der Waals surface area contributed by atoms with E-state index in [0.29, 0.717) is 5.56 Å². The number of carbonyl (C=O) groups excluding carboxylic acids is 3. The molecular formula is C30H45N8O11PS. The molecule has 2 aromatic rings. The molecule has 1 aromatic carbocycles. The fourth-order valence-electron chi connectivity index (χ4n) is 5.04. The summed E-state index contributed by atoms with van der Waals surface area (Å²) in [7, 11) is -2.41. The zero-order valence-corrected chi connectivity index (χ0v) is 30.3. The van der Waals surface area contributed by atoms with Crippen LogP contribution in [0.25, 0.3) is 0 Å². The van der Waals surface area contributed by atoms with E-state index in [4.69, 9.17) is 31.7 Å². The van der Waals surface area contributed by atoms with Crippen molar-refractivity contribution in [3.8, 4) is 0 Å². The number of nitrogens with zero attached hydrogens (tertiary/aromatic N) is 2. The highest BCUT2D eigenvalue weighted by Crippen LogP contribution is 2.61. The maximum Gasteiger partial charge on any atom is 0.357 e. The minimum Gasteiger partial charge on any atom is -0.394 e. The van der Waals surface area contributed by atoms with E-state index in [9.17, 15) is 39.1 Å². The summed E-state index contributed by atoms with van der Waals surface area (Å²) in [5, 5.41) is 44.2. The van der Waals surface area contributed by atoms with E-state index in [1.807, 2.05) is 0 Å². The fourth-order valence-corrected chi connectivity index (χ4v) is 7.65. The minimum atomic E-state index is -3.91. The van der Waals surface area contributed by atoms with Gasteiger partial charge in [-0.05, 0) is 58.6 Å². The molecule has 0 bridgehead atoms. The molecule has 1 saturated heterocycles. The van der Waals surface area contributed by atoms with Crippen molar-refractivity contribution in [1.82, 2.24) is 30.8 Å². The van der Waals surface area contributed by atoms with Gasteiger partial charge in [-0.25, -0.2) is 4.79 Å². The standard InChI is InChI=1S/C30H45N8O11PS/c1-15(2)48-50(46,49-16(3)4)27(17-9-7-6-8-10-17)37-29(51)34-19-11-12-38(30(45)35-19)28-23(42)22(41)21(24(47-28)25(31)43)36-26(44)18(14-39)33-20(40)13-32-5/h6-12,15-16,18,21-24,27-28,32,39,41-42H,13-14H2,1-5H3,(H2,31,43)(H,33,40)(H,36,44)(H2,34,35,37,45,51)/t18-,21-,22-,23+,24-,27?,28+/m0/s1. The van der Waals surface area contributed by atoms with Crippen molar-refractivity contribution in [1.29, 1.82) is 0 Å². The number of anilines is 1. The number of likely N-dealkylation sites (N-methyl/N-ethyl adjacent to an activating group) is 1. The Balaban J connectivity index is 1.81. The van der Waals surface area contributed by atoms with Crippen molar-refractivity contribution < 1.29 is 48.1 Å². The molecule has 0 saturated carbocycles. The van der Waals surface area contributed by atoms with Crippen molar-refractivity contribution in [2.75, 3.05) is 25.5 Å². The zero-order chi connectivity index (χ0) is 38.0. The normalized spacial score (nSPS) is 21.8. The van der Waals surface area contributed by atoms with Crippen molar-refractivity contribution in [2.45, 2.75) is 82.3 Å². The zero-order valence-electron chi connectivity index (χ0n) is 28.6. The average Bonchev–Trinajstić information content (AvgIpc) is 3.04. The van der Waals surface area contributed by atoms with Crippen molar-refractivity contribution in [2.24, 2.45) is 5.73 Å². The van der Waals surface area contributed by atoms with Crippen LogP contribution in [0.3, 0.4) is 0 Å². The van der Waals surface area contributed by atoms with Gasteiger partial charge in [-0.1, -0.05) is 30.3 Å². The van der Waals surface area contributed by atoms with E-state index in [-0.39, 0.29) is 17.5 Å². The molecule has 10 N–H and O–H groups in total. The summed E-state index contributed by atoms with van der Waals surface area (Å²) in [6, 6.07) is 6.85. The topological polar surface area (TPSA) is 278 Å². The summed E-state index contributed by atoms with van der Waals surface area (Å²) < 4.78 is 32.1. The Bertz CT molecular complexity index is 1620. The average molecular weight is 757 g/mol. The quantitative estimate of drug-likeness (QED) is 0.0701. The molecule has 1 aromatic heterocycles. The smallest absolute Gasteiger partial charge is 0.357 e. The lowest BCUT2D eigenvalue weighted by Crippen LogP contribution is -2.67. The number of ether oxygens (including phenoxy) is 1. The molecule has 0 radical (unpaired) electrons. The predicted molar refractivity (Wildman–Crippen MR) is 187 cm³/mol. The van der Waals surface area contributed by atoms with Crippen LogP contribution in [-0.4, -0.2) is 111 Å². The Morgan fingerprint density at radius 2 is 1.69 bits per heavy atom. The third-order valence-electron chi connectivity index (χ3n) is 7.14. The Morgan fingerprint density at radius 1 is 1.06 bits per heavy atom. The van der Waals surface area contributed by atoms with Crippen molar-refractivity contribution in [3.63, 3.8) is 0 Å². The summed E-state index contributed by atoms with van der Waals surface area (Å²) >= 11 is 5.47. The molecule has 3 rings (SSSR count). The van der Waals surface area contributed by atoms with Crippen LogP contribution in [0, 0.1) is 0 Å². The molecule has 19 nitrogen and oxygen atoms in total. The molecule has 0 spiro atoms. The van der Waals surface area contributed by atoms with Gasteiger partial charge in [0.15, 0.2) is 23.2 Å². The Labute approximate surface area is 299 Å². The molecule has 1 unspecified atom stereocenters. The Morgan fingerprint density at radius 3 is 2.22 bits per heavy atom. The minimum absolute atomic E-state index is 0.0808. The summed E-state index contributed by atoms with van der Waals surface area (Å²) in [6.45, 7) is 5.84. The molecule has 51 heavy (non-hydrogen) atoms. The fraction of sp³-hybridized carbons (Fsp3) is 0.533. The number of benzene rings is 1. The van der Waals surface area contributed by atoms with E-state index in [1.54, 1.807) is 58.0 Å². The van der Waals surface area contributed by atoms with E-state index < -0.39 is 92.2 Å². The van der Waals surface area contributed by atoms with Crippen LogP contribution in [0.15, 0.2) is 47.4 Å². The second-order valence-corrected chi connectivity index (χ2v) is 14.4. The van der Waals surface area contributed by atoms with Gasteiger partial charge < -0.3 is 61.4 Å². The van der Waals surface area contributed by atoms with Crippen LogP contribution in [-0.2, 0) is 32.7 Å². The van der Waals surface area contributed by atoms with Gasteiger partial charge >= 0.3 is 13.3 Å². The van der Waals surface area contributed by atoms with Crippen LogP contribution < -0.4 is 38.0 Å². The maximum absolute atomic E-state index is 14.1. The van der Waals surface area contributed by atoms with Gasteiger partial charge in [-0.2, -0.15) is 4.98 Å². The number of primary amides is 1. The Hall–Kier alpha value is -3.85. The summed E-state index contributed by atoms with van der Waals surface area (Å²) in [6.07, 6.45) is -7.12. The van der Waals surface area contributed by atoms with E-state index in [1.165, 1.54) is 13.1 Å². The van der Waals surface area contributed by atoms with Gasteiger partial charge in [0.05, 0.1) is 31.4 Å². The van der Waals surface area contributed by atoms with Crippen LogP contribution in [0.2, 0.25) is 0 Å².